The summed E-state index contributed by atoms with van der Waals surface area (Å²) >= 11 is 0. The highest BCUT2D eigenvalue weighted by Crippen LogP contribution is 2.41. The van der Waals surface area contributed by atoms with Gasteiger partial charge in [0.1, 0.15) is 78.6 Å². The minimum absolute atomic E-state index is 0.0437. The van der Waals surface area contributed by atoms with Crippen molar-refractivity contribution in [3.05, 3.63) is 35.4 Å². The number of rotatable bonds is 65. The molecule has 7 rings (SSSR count). The van der Waals surface area contributed by atoms with Crippen molar-refractivity contribution in [2.75, 3.05) is 239 Å². The van der Waals surface area contributed by atoms with Crippen LogP contribution < -0.4 is 37.2 Å². The van der Waals surface area contributed by atoms with E-state index in [1.165, 1.54) is 42.1 Å². The first-order valence-corrected chi connectivity index (χ1v) is 41.9. The second kappa shape index (κ2) is 55.9. The van der Waals surface area contributed by atoms with Gasteiger partial charge in [-0.2, -0.15) is 0 Å². The van der Waals surface area contributed by atoms with Gasteiger partial charge in [0.25, 0.3) is 5.91 Å². The fraction of sp³-hybridized carbons (Fsp3) is 0.840. The molecule has 41 nitrogen and oxygen atoms in total. The first-order valence-electron chi connectivity index (χ1n) is 41.9. The third-order valence-corrected chi connectivity index (χ3v) is 19.4. The SMILES string of the molecule is CO[C@@H]1O[C@H](COCCOCCOCCOCCNC(=O)CCOCC(COCCC(=O)NCCOCCOCCOCCOC[C@H]2O[C@@H](OC)[C@H](NC(C)=O)[C@H]3OC(C)(C)O[C@H]32)(COCCC(=O)NCCOCCOCCOCCOC[C@H]2O[C@@H](OC)[C@H](NC(C)=O)[C@H]3OC(C)(C)O[C@H]32)NC(=O)c2ccc(C)cc2)[C@@H]2OC(C)(C)O[C@@H]2[C@H]1NC(C)=O. The molecule has 0 radical (unpaired) electrons. The fourth-order valence-electron chi connectivity index (χ4n) is 14.0. The third-order valence-electron chi connectivity index (χ3n) is 19.4. The van der Waals surface area contributed by atoms with Crippen molar-refractivity contribution in [3.63, 3.8) is 0 Å². The van der Waals surface area contributed by atoms with Gasteiger partial charge in [-0.05, 0) is 60.6 Å². The Morgan fingerprint density at radius 3 is 0.836 bits per heavy atom. The van der Waals surface area contributed by atoms with E-state index < -0.39 is 121 Å². The molecule has 1 aromatic carbocycles. The summed E-state index contributed by atoms with van der Waals surface area (Å²) in [5.74, 6) is -4.81. The van der Waals surface area contributed by atoms with Gasteiger partial charge < -0.3 is 165 Å². The highest BCUT2D eigenvalue weighted by molar-refractivity contribution is 5.94. The van der Waals surface area contributed by atoms with E-state index in [0.29, 0.717) is 84.8 Å². The van der Waals surface area contributed by atoms with Crippen molar-refractivity contribution in [3.8, 4) is 0 Å². The summed E-state index contributed by atoms with van der Waals surface area (Å²) in [6.07, 6.45) is -6.92. The molecule has 0 aliphatic carbocycles. The summed E-state index contributed by atoms with van der Waals surface area (Å²) < 4.78 is 159. The number of hydrogen-bond donors (Lipinski definition) is 7. The van der Waals surface area contributed by atoms with Gasteiger partial charge in [0.05, 0.1) is 198 Å². The van der Waals surface area contributed by atoms with Gasteiger partial charge >= 0.3 is 0 Å². The maximum Gasteiger partial charge on any atom is 0.251 e. The van der Waals surface area contributed by atoms with Gasteiger partial charge in [-0.1, -0.05) is 17.7 Å². The van der Waals surface area contributed by atoms with E-state index in [4.69, 9.17) is 128 Å². The number of nitrogens with one attached hydrogen (secondary N) is 7. The molecule has 0 unspecified atom stereocenters. The van der Waals surface area contributed by atoms with E-state index >= 15 is 0 Å². The standard InChI is InChI=1S/C81H137N7O34/c1-54-14-16-58(17-15-54)74(95)88-81(51-111-24-18-62(92)82-21-27-99-30-33-102-36-39-105-42-45-108-48-59-68-71(120-78(5,6)117-68)65(85-55(2)89)75(96-11)114-59,52-112-25-19-63(93)83-22-28-100-31-34-103-37-40-106-43-46-109-49-60-69-72(121-79(7,8)118-69)66(86-56(3)90)76(97-12)115-60)53-113-26-20-64(94)84-23-29-101-32-35-104-38-41-107-44-47-110-50-61-70-73(122-80(9,10)119-70)67(87-57(4)91)77(98-13)116-61/h14-17,59-61,65-73,75-77H,18-53H2,1-13H3,(H,82,92)(H,83,93)(H,84,94)(H,85,89)(H,86,90)(H,87,91)(H,88,95)/t59-,60-,61-,65-,66-,67-,68+,69+,70+,71-,72-,73-,75-,76-,77-/m1/s1. The Labute approximate surface area is 715 Å². The molecule has 6 heterocycles. The van der Waals surface area contributed by atoms with Crippen molar-refractivity contribution >= 4 is 41.4 Å². The highest BCUT2D eigenvalue weighted by Gasteiger charge is 2.59. The summed E-state index contributed by atoms with van der Waals surface area (Å²) in [5, 5.41) is 20.1. The number of ether oxygens (including phenoxy) is 27. The fourth-order valence-corrected chi connectivity index (χ4v) is 14.0. The van der Waals surface area contributed by atoms with Crippen molar-refractivity contribution in [2.24, 2.45) is 0 Å². The number of carbonyl (C=O) groups excluding carboxylic acids is 7. The maximum absolute atomic E-state index is 14.0. The molecule has 15 atom stereocenters. The third kappa shape index (κ3) is 38.2. The molecule has 6 aliphatic heterocycles. The molecule has 1 aromatic rings. The quantitative estimate of drug-likeness (QED) is 0.0401. The van der Waals surface area contributed by atoms with Crippen molar-refractivity contribution in [2.45, 2.75) is 203 Å². The molecule has 0 aromatic heterocycles. The van der Waals surface area contributed by atoms with Crippen LogP contribution in [0.25, 0.3) is 0 Å². The van der Waals surface area contributed by atoms with Gasteiger partial charge in [-0.15, -0.1) is 0 Å². The van der Waals surface area contributed by atoms with Crippen molar-refractivity contribution in [1.82, 2.24) is 37.2 Å². The number of carbonyl (C=O) groups is 7. The minimum Gasteiger partial charge on any atom is -0.378 e. The summed E-state index contributed by atoms with van der Waals surface area (Å²) in [6.45, 7) is 23.4. The summed E-state index contributed by atoms with van der Waals surface area (Å²) in [4.78, 5) is 89.0. The highest BCUT2D eigenvalue weighted by atomic mass is 16.8. The van der Waals surface area contributed by atoms with Gasteiger partial charge in [0.2, 0.25) is 35.4 Å². The van der Waals surface area contributed by atoms with Crippen LogP contribution in [0.3, 0.4) is 0 Å². The van der Waals surface area contributed by atoms with Gasteiger partial charge in [0.15, 0.2) is 36.2 Å². The van der Waals surface area contributed by atoms with Crippen LogP contribution in [0.1, 0.15) is 97.5 Å². The van der Waals surface area contributed by atoms with E-state index in [-0.39, 0.29) is 193 Å². The number of amides is 7. The molecule has 6 aliphatic rings. The molecule has 0 bridgehead atoms. The van der Waals surface area contributed by atoms with Crippen LogP contribution in [-0.2, 0) is 157 Å². The Hall–Kier alpha value is -5.57. The average molecular weight is 1750 g/mol. The number of aryl methyl sites for hydroxylation is 1. The minimum atomic E-state index is -1.39. The lowest BCUT2D eigenvalue weighted by Crippen LogP contribution is -2.63. The van der Waals surface area contributed by atoms with Crippen LogP contribution in [0.2, 0.25) is 0 Å². The zero-order valence-electron chi connectivity index (χ0n) is 73.3. The van der Waals surface area contributed by atoms with Crippen LogP contribution >= 0.6 is 0 Å². The molecule has 122 heavy (non-hydrogen) atoms. The molecule has 7 amide bonds. The van der Waals surface area contributed by atoms with E-state index in [1.54, 1.807) is 65.8 Å². The zero-order chi connectivity index (χ0) is 88.2. The largest absolute Gasteiger partial charge is 0.378 e. The van der Waals surface area contributed by atoms with Crippen LogP contribution in [-0.4, -0.2) is 395 Å². The lowest BCUT2D eigenvalue weighted by atomic mass is 9.97. The van der Waals surface area contributed by atoms with Gasteiger partial charge in [-0.25, -0.2) is 0 Å². The average Bonchev–Trinajstić information content (AvgIpc) is 1.63. The first kappa shape index (κ1) is 103. The number of methoxy groups -OCH3 is 3. The molecule has 41 heteroatoms. The molecule has 6 saturated heterocycles. The molecular formula is C81H137N7O34. The monoisotopic (exact) mass is 1750 g/mol. The first-order chi connectivity index (χ1) is 58.6. The smallest absolute Gasteiger partial charge is 0.251 e. The molecule has 0 saturated carbocycles. The Balaban J connectivity index is 0.764. The predicted octanol–water partition coefficient (Wildman–Crippen LogP) is -0.580. The van der Waals surface area contributed by atoms with Gasteiger partial charge in [0, 0.05) is 86.6 Å². The molecule has 7 N–H and O–H groups in total. The summed E-state index contributed by atoms with van der Waals surface area (Å²) in [7, 11) is 4.49. The topological polar surface area (TPSA) is 453 Å². The van der Waals surface area contributed by atoms with E-state index in [1.807, 2.05) is 6.92 Å². The van der Waals surface area contributed by atoms with E-state index in [2.05, 4.69) is 37.2 Å². The second-order valence-electron chi connectivity index (χ2n) is 31.0. The normalized spacial score (nSPS) is 25.6. The summed E-state index contributed by atoms with van der Waals surface area (Å²) in [5.41, 5.74) is -0.111. The molecule has 0 spiro atoms. The van der Waals surface area contributed by atoms with E-state index in [0.717, 1.165) is 5.56 Å². The molecular weight excluding hydrogens is 1610 g/mol. The zero-order valence-corrected chi connectivity index (χ0v) is 73.3. The number of benzene rings is 1. The van der Waals surface area contributed by atoms with Crippen LogP contribution in [0, 0.1) is 6.92 Å². The van der Waals surface area contributed by atoms with Crippen molar-refractivity contribution in [1.29, 1.82) is 0 Å². The van der Waals surface area contributed by atoms with Gasteiger partial charge in [-0.3, -0.25) is 33.6 Å². The Bertz CT molecular complexity index is 2900. The lowest BCUT2D eigenvalue weighted by Gasteiger charge is -2.41. The predicted molar refractivity (Wildman–Crippen MR) is 428 cm³/mol. The number of fused-ring (bicyclic) bond motifs is 3. The molecule has 6 fully saturated rings. The Morgan fingerprint density at radius 2 is 0.582 bits per heavy atom. The van der Waals surface area contributed by atoms with Crippen LogP contribution in [0.15, 0.2) is 24.3 Å². The lowest BCUT2D eigenvalue weighted by molar-refractivity contribution is -0.245. The maximum atomic E-state index is 14.0. The second-order valence-corrected chi connectivity index (χ2v) is 31.0. The van der Waals surface area contributed by atoms with Crippen LogP contribution in [0.4, 0.5) is 0 Å². The summed E-state index contributed by atoms with van der Waals surface area (Å²) in [6, 6.07) is 5.26. The van der Waals surface area contributed by atoms with Crippen molar-refractivity contribution < 1.29 is 161 Å². The molecule has 700 valence electrons. The van der Waals surface area contributed by atoms with E-state index in [9.17, 15) is 33.6 Å². The Kier molecular flexibility index (Phi) is 47.4. The Morgan fingerprint density at radius 1 is 0.336 bits per heavy atom. The number of hydrogen-bond acceptors (Lipinski definition) is 34. The van der Waals surface area contributed by atoms with Crippen LogP contribution in [0.5, 0.6) is 0 Å².